The molecule has 2 aromatic heterocycles. The number of fused-ring (bicyclic) bond motifs is 1. The van der Waals surface area contributed by atoms with Gasteiger partial charge in [0.1, 0.15) is 5.15 Å². The standard InChI is InChI=1S/C6H3BrClN3O/c7-2-1-3-5(10-4(2)8)11-6(12)9-3/h1H,(H2,9,10,11,12). The fourth-order valence-corrected chi connectivity index (χ4v) is 1.37. The summed E-state index contributed by atoms with van der Waals surface area (Å²) < 4.78 is 0.659. The van der Waals surface area contributed by atoms with Gasteiger partial charge in [-0.1, -0.05) is 11.6 Å². The lowest BCUT2D eigenvalue weighted by molar-refractivity contribution is 1.20. The minimum atomic E-state index is -0.285. The first-order chi connectivity index (χ1) is 5.66. The molecule has 0 aliphatic rings. The topological polar surface area (TPSA) is 61.5 Å². The normalized spacial score (nSPS) is 10.8. The van der Waals surface area contributed by atoms with Crippen molar-refractivity contribution in [2.45, 2.75) is 0 Å². The third-order valence-electron chi connectivity index (χ3n) is 1.41. The van der Waals surface area contributed by atoms with Gasteiger partial charge in [-0.2, -0.15) is 0 Å². The highest BCUT2D eigenvalue weighted by Crippen LogP contribution is 2.22. The number of rotatable bonds is 0. The smallest absolute Gasteiger partial charge is 0.304 e. The van der Waals surface area contributed by atoms with Crippen molar-refractivity contribution in [3.63, 3.8) is 0 Å². The monoisotopic (exact) mass is 247 g/mol. The number of hydrogen-bond donors (Lipinski definition) is 2. The number of H-pyrrole nitrogens is 2. The third-order valence-corrected chi connectivity index (χ3v) is 2.53. The highest BCUT2D eigenvalue weighted by atomic mass is 79.9. The van der Waals surface area contributed by atoms with Gasteiger partial charge < -0.3 is 4.98 Å². The van der Waals surface area contributed by atoms with Gasteiger partial charge in [0.05, 0.1) is 9.99 Å². The summed E-state index contributed by atoms with van der Waals surface area (Å²) in [4.78, 5) is 19.8. The van der Waals surface area contributed by atoms with Crippen LogP contribution in [0.2, 0.25) is 5.15 Å². The second-order valence-electron chi connectivity index (χ2n) is 2.24. The SMILES string of the molecule is O=c1[nH]c2cc(Br)c(Cl)nc2[nH]1. The lowest BCUT2D eigenvalue weighted by atomic mass is 10.4. The molecule has 0 saturated carbocycles. The maximum atomic E-state index is 10.8. The minimum Gasteiger partial charge on any atom is -0.304 e. The molecule has 4 nitrogen and oxygen atoms in total. The highest BCUT2D eigenvalue weighted by molar-refractivity contribution is 9.10. The summed E-state index contributed by atoms with van der Waals surface area (Å²) in [7, 11) is 0. The van der Waals surface area contributed by atoms with Crippen LogP contribution in [0, 0.1) is 0 Å². The zero-order valence-corrected chi connectivity index (χ0v) is 8.03. The molecule has 0 fully saturated rings. The Balaban J connectivity index is 2.92. The van der Waals surface area contributed by atoms with E-state index in [1.165, 1.54) is 0 Å². The van der Waals surface area contributed by atoms with Crippen molar-refractivity contribution in [2.75, 3.05) is 0 Å². The number of aromatic amines is 2. The van der Waals surface area contributed by atoms with Crippen LogP contribution in [0.4, 0.5) is 0 Å². The molecule has 0 spiro atoms. The molecule has 0 bridgehead atoms. The average Bonchev–Trinajstić information content (AvgIpc) is 2.30. The van der Waals surface area contributed by atoms with Gasteiger partial charge in [-0.3, -0.25) is 4.98 Å². The van der Waals surface area contributed by atoms with E-state index in [-0.39, 0.29) is 5.69 Å². The fourth-order valence-electron chi connectivity index (χ4n) is 0.918. The second kappa shape index (κ2) is 2.60. The van der Waals surface area contributed by atoms with E-state index < -0.39 is 0 Å². The summed E-state index contributed by atoms with van der Waals surface area (Å²) in [6.45, 7) is 0. The first-order valence-corrected chi connectivity index (χ1v) is 4.28. The first-order valence-electron chi connectivity index (χ1n) is 3.11. The summed E-state index contributed by atoms with van der Waals surface area (Å²) in [5, 5.41) is 0.331. The lowest BCUT2D eigenvalue weighted by Crippen LogP contribution is -1.99. The molecule has 0 radical (unpaired) electrons. The Kier molecular flexibility index (Phi) is 1.69. The van der Waals surface area contributed by atoms with Gasteiger partial charge in [0.25, 0.3) is 0 Å². The Morgan fingerprint density at radius 3 is 3.00 bits per heavy atom. The van der Waals surface area contributed by atoms with Crippen molar-refractivity contribution in [2.24, 2.45) is 0 Å². The number of hydrogen-bond acceptors (Lipinski definition) is 2. The molecule has 12 heavy (non-hydrogen) atoms. The Hall–Kier alpha value is -0.810. The zero-order chi connectivity index (χ0) is 8.72. The van der Waals surface area contributed by atoms with Crippen molar-refractivity contribution in [1.82, 2.24) is 15.0 Å². The van der Waals surface area contributed by atoms with Gasteiger partial charge in [0, 0.05) is 0 Å². The van der Waals surface area contributed by atoms with Crippen molar-refractivity contribution in [1.29, 1.82) is 0 Å². The summed E-state index contributed by atoms with van der Waals surface area (Å²) in [6, 6.07) is 1.70. The molecule has 0 saturated heterocycles. The third kappa shape index (κ3) is 1.15. The van der Waals surface area contributed by atoms with E-state index in [0.717, 1.165) is 0 Å². The maximum Gasteiger partial charge on any atom is 0.325 e. The molecule has 6 heteroatoms. The predicted octanol–water partition coefficient (Wildman–Crippen LogP) is 1.67. The quantitative estimate of drug-likeness (QED) is 0.697. The van der Waals surface area contributed by atoms with E-state index in [1.807, 2.05) is 0 Å². The number of pyridine rings is 1. The number of imidazole rings is 1. The van der Waals surface area contributed by atoms with Crippen LogP contribution in [-0.4, -0.2) is 15.0 Å². The van der Waals surface area contributed by atoms with Crippen molar-refractivity contribution in [3.8, 4) is 0 Å². The van der Waals surface area contributed by atoms with Gasteiger partial charge in [0.15, 0.2) is 5.65 Å². The molecular formula is C6H3BrClN3O. The number of nitrogens with one attached hydrogen (secondary N) is 2. The van der Waals surface area contributed by atoms with Crippen LogP contribution in [0.1, 0.15) is 0 Å². The molecule has 0 aliphatic carbocycles. The fraction of sp³-hybridized carbons (Fsp3) is 0. The van der Waals surface area contributed by atoms with Crippen molar-refractivity contribution < 1.29 is 0 Å². The largest absolute Gasteiger partial charge is 0.325 e. The molecule has 0 unspecified atom stereocenters. The Morgan fingerprint density at radius 1 is 1.50 bits per heavy atom. The van der Waals surface area contributed by atoms with Gasteiger partial charge >= 0.3 is 5.69 Å². The van der Waals surface area contributed by atoms with Crippen LogP contribution in [0.5, 0.6) is 0 Å². The molecule has 0 amide bonds. The number of aromatic nitrogens is 3. The van der Waals surface area contributed by atoms with E-state index >= 15 is 0 Å². The predicted molar refractivity (Wildman–Crippen MR) is 49.4 cm³/mol. The zero-order valence-electron chi connectivity index (χ0n) is 5.69. The van der Waals surface area contributed by atoms with E-state index in [0.29, 0.717) is 20.8 Å². The van der Waals surface area contributed by atoms with E-state index in [9.17, 15) is 4.79 Å². The van der Waals surface area contributed by atoms with Crippen LogP contribution in [0.3, 0.4) is 0 Å². The molecule has 2 heterocycles. The maximum absolute atomic E-state index is 10.8. The molecular weight excluding hydrogens is 245 g/mol. The van der Waals surface area contributed by atoms with Crippen LogP contribution >= 0.6 is 27.5 Å². The van der Waals surface area contributed by atoms with E-state index in [4.69, 9.17) is 11.6 Å². The molecule has 2 N–H and O–H groups in total. The molecule has 2 aromatic rings. The second-order valence-corrected chi connectivity index (χ2v) is 3.45. The molecule has 62 valence electrons. The Morgan fingerprint density at radius 2 is 2.25 bits per heavy atom. The first kappa shape index (κ1) is 7.82. The van der Waals surface area contributed by atoms with Crippen LogP contribution < -0.4 is 5.69 Å². The van der Waals surface area contributed by atoms with Crippen LogP contribution in [-0.2, 0) is 0 Å². The number of nitrogens with zero attached hydrogens (tertiary/aromatic N) is 1. The summed E-state index contributed by atoms with van der Waals surface area (Å²) in [6.07, 6.45) is 0. The minimum absolute atomic E-state index is 0.285. The van der Waals surface area contributed by atoms with Gasteiger partial charge in [-0.15, -0.1) is 0 Å². The number of halogens is 2. The van der Waals surface area contributed by atoms with Gasteiger partial charge in [0.2, 0.25) is 0 Å². The van der Waals surface area contributed by atoms with E-state index in [1.54, 1.807) is 6.07 Å². The Labute approximate surface area is 80.1 Å². The summed E-state index contributed by atoms with van der Waals surface area (Å²) in [5.41, 5.74) is 0.816. The average molecular weight is 248 g/mol. The molecule has 2 rings (SSSR count). The van der Waals surface area contributed by atoms with Gasteiger partial charge in [-0.25, -0.2) is 9.78 Å². The highest BCUT2D eigenvalue weighted by Gasteiger charge is 2.03. The summed E-state index contributed by atoms with van der Waals surface area (Å²) >= 11 is 8.90. The van der Waals surface area contributed by atoms with Crippen LogP contribution in [0.25, 0.3) is 11.2 Å². The molecule has 0 atom stereocenters. The lowest BCUT2D eigenvalue weighted by Gasteiger charge is -1.92. The van der Waals surface area contributed by atoms with Gasteiger partial charge in [-0.05, 0) is 22.0 Å². The Bertz CT molecular complexity index is 447. The van der Waals surface area contributed by atoms with E-state index in [2.05, 4.69) is 30.9 Å². The van der Waals surface area contributed by atoms with Crippen molar-refractivity contribution >= 4 is 38.7 Å². The molecule has 0 aromatic carbocycles. The molecule has 0 aliphatic heterocycles. The van der Waals surface area contributed by atoms with Crippen LogP contribution in [0.15, 0.2) is 15.3 Å². The van der Waals surface area contributed by atoms with Crippen molar-refractivity contribution in [3.05, 3.63) is 26.2 Å². The summed E-state index contributed by atoms with van der Waals surface area (Å²) in [5.74, 6) is 0.